The van der Waals surface area contributed by atoms with Gasteiger partial charge in [-0.2, -0.15) is 26.3 Å². The van der Waals surface area contributed by atoms with E-state index < -0.39 is 23.5 Å². The van der Waals surface area contributed by atoms with Crippen LogP contribution in [0, 0.1) is 0 Å². The van der Waals surface area contributed by atoms with E-state index in [0.717, 1.165) is 50.7 Å². The number of benzene rings is 5. The number of aromatic nitrogens is 1. The Morgan fingerprint density at radius 2 is 0.875 bits per heavy atom. The lowest BCUT2D eigenvalue weighted by Crippen LogP contribution is -2.11. The van der Waals surface area contributed by atoms with E-state index in [1.807, 2.05) is 72.9 Å². The Morgan fingerprint density at radius 1 is 0.400 bits per heavy atom. The van der Waals surface area contributed by atoms with Crippen LogP contribution < -0.4 is 0 Å². The maximum Gasteiger partial charge on any atom is 0.416 e. The summed E-state index contributed by atoms with van der Waals surface area (Å²) < 4.78 is 79.9. The second-order valence-corrected chi connectivity index (χ2v) is 9.57. The maximum atomic E-state index is 13.3. The number of para-hydroxylation sites is 1. The average Bonchev–Trinajstić information content (AvgIpc) is 2.95. The predicted molar refractivity (Wildman–Crippen MR) is 146 cm³/mol. The first kappa shape index (κ1) is 25.6. The normalized spacial score (nSPS) is 12.2. The summed E-state index contributed by atoms with van der Waals surface area (Å²) in [7, 11) is 0. The number of halogens is 6. The number of hydrogen-bond donors (Lipinski definition) is 0. The third kappa shape index (κ3) is 5.02. The quantitative estimate of drug-likeness (QED) is 0.202. The molecule has 0 saturated carbocycles. The van der Waals surface area contributed by atoms with E-state index in [9.17, 15) is 26.3 Å². The second-order valence-electron chi connectivity index (χ2n) is 9.57. The molecule has 0 amide bonds. The number of nitrogens with zero attached hydrogens (tertiary/aromatic N) is 1. The van der Waals surface area contributed by atoms with Crippen LogP contribution in [-0.4, -0.2) is 4.98 Å². The van der Waals surface area contributed by atoms with E-state index in [4.69, 9.17) is 0 Å². The van der Waals surface area contributed by atoms with Crippen LogP contribution in [-0.2, 0) is 12.4 Å². The standard InChI is InChI=1S/C33H19F6N/c34-32(35,36)29-16-27(17-30(18-29)33(37,38)39)25-12-11-23-13-22(9-10-24(23)14-25)20-5-7-21(8-6-20)28-15-26-3-1-2-4-31(26)40-19-28/h1-19H. The molecule has 5 aromatic carbocycles. The van der Waals surface area contributed by atoms with Gasteiger partial charge in [-0.1, -0.05) is 66.7 Å². The Kier molecular flexibility index (Phi) is 6.10. The Labute approximate surface area is 225 Å². The van der Waals surface area contributed by atoms with Crippen molar-refractivity contribution in [3.8, 4) is 33.4 Å². The minimum Gasteiger partial charge on any atom is -0.256 e. The highest BCUT2D eigenvalue weighted by Crippen LogP contribution is 2.39. The summed E-state index contributed by atoms with van der Waals surface area (Å²) in [5, 5.41) is 2.57. The fourth-order valence-corrected chi connectivity index (χ4v) is 4.81. The number of fused-ring (bicyclic) bond motifs is 2. The molecule has 0 spiro atoms. The second kappa shape index (κ2) is 9.52. The molecule has 0 atom stereocenters. The molecule has 198 valence electrons. The molecule has 1 nitrogen and oxygen atoms in total. The van der Waals surface area contributed by atoms with Gasteiger partial charge in [-0.3, -0.25) is 4.98 Å². The van der Waals surface area contributed by atoms with Gasteiger partial charge in [0.15, 0.2) is 0 Å². The van der Waals surface area contributed by atoms with Gasteiger partial charge in [0.25, 0.3) is 0 Å². The van der Waals surface area contributed by atoms with E-state index in [-0.39, 0.29) is 17.2 Å². The minimum atomic E-state index is -4.90. The van der Waals surface area contributed by atoms with Gasteiger partial charge in [0, 0.05) is 17.1 Å². The van der Waals surface area contributed by atoms with E-state index in [1.165, 1.54) is 6.07 Å². The molecule has 0 bridgehead atoms. The predicted octanol–water partition coefficient (Wildman–Crippen LogP) is 10.4. The summed E-state index contributed by atoms with van der Waals surface area (Å²) in [5.41, 5.74) is 2.30. The van der Waals surface area contributed by atoms with Crippen LogP contribution in [0.2, 0.25) is 0 Å². The molecule has 6 rings (SSSR count). The number of hydrogen-bond acceptors (Lipinski definition) is 1. The van der Waals surface area contributed by atoms with Crippen molar-refractivity contribution in [3.05, 3.63) is 127 Å². The SMILES string of the molecule is FC(F)(F)c1cc(-c2ccc3cc(-c4ccc(-c5cnc6ccccc6c5)cc4)ccc3c2)cc(C(F)(F)F)c1. The Balaban J connectivity index is 1.32. The number of rotatable bonds is 3. The fraction of sp³-hybridized carbons (Fsp3) is 0.0606. The molecule has 0 unspecified atom stereocenters. The van der Waals surface area contributed by atoms with Crippen molar-refractivity contribution in [1.82, 2.24) is 4.98 Å². The molecule has 0 radical (unpaired) electrons. The number of pyridine rings is 1. The van der Waals surface area contributed by atoms with Crippen LogP contribution in [0.5, 0.6) is 0 Å². The lowest BCUT2D eigenvalue weighted by molar-refractivity contribution is -0.143. The Bertz CT molecular complexity index is 1840. The third-order valence-corrected chi connectivity index (χ3v) is 6.90. The van der Waals surface area contributed by atoms with Gasteiger partial charge >= 0.3 is 12.4 Å². The first-order chi connectivity index (χ1) is 19.0. The highest BCUT2D eigenvalue weighted by molar-refractivity contribution is 5.91. The molecule has 1 aromatic heterocycles. The molecule has 0 aliphatic rings. The monoisotopic (exact) mass is 543 g/mol. The van der Waals surface area contributed by atoms with Crippen LogP contribution in [0.4, 0.5) is 26.3 Å². The summed E-state index contributed by atoms with van der Waals surface area (Å²) in [6, 6.07) is 30.1. The van der Waals surface area contributed by atoms with Gasteiger partial charge in [0.05, 0.1) is 16.6 Å². The molecule has 0 saturated heterocycles. The van der Waals surface area contributed by atoms with Gasteiger partial charge in [0.2, 0.25) is 0 Å². The van der Waals surface area contributed by atoms with Gasteiger partial charge in [0.1, 0.15) is 0 Å². The van der Waals surface area contributed by atoms with Crippen molar-refractivity contribution < 1.29 is 26.3 Å². The summed E-state index contributed by atoms with van der Waals surface area (Å²) in [6.07, 6.45) is -7.96. The molecule has 0 N–H and O–H groups in total. The highest BCUT2D eigenvalue weighted by atomic mass is 19.4. The summed E-state index contributed by atoms with van der Waals surface area (Å²) in [4.78, 5) is 4.52. The van der Waals surface area contributed by atoms with Crippen molar-refractivity contribution in [3.63, 3.8) is 0 Å². The fourth-order valence-electron chi connectivity index (χ4n) is 4.81. The molecule has 7 heteroatoms. The van der Waals surface area contributed by atoms with Gasteiger partial charge in [-0.15, -0.1) is 0 Å². The van der Waals surface area contributed by atoms with Crippen molar-refractivity contribution in [2.75, 3.05) is 0 Å². The van der Waals surface area contributed by atoms with Crippen molar-refractivity contribution in [2.45, 2.75) is 12.4 Å². The molecule has 0 aliphatic heterocycles. The van der Waals surface area contributed by atoms with Gasteiger partial charge in [-0.25, -0.2) is 0 Å². The Morgan fingerprint density at radius 3 is 1.45 bits per heavy atom. The first-order valence-electron chi connectivity index (χ1n) is 12.3. The molecule has 0 fully saturated rings. The molecular formula is C33H19F6N. The number of alkyl halides is 6. The van der Waals surface area contributed by atoms with Crippen LogP contribution in [0.3, 0.4) is 0 Å². The minimum absolute atomic E-state index is 0.138. The van der Waals surface area contributed by atoms with Crippen LogP contribution in [0.25, 0.3) is 55.1 Å². The van der Waals surface area contributed by atoms with Gasteiger partial charge < -0.3 is 0 Å². The van der Waals surface area contributed by atoms with E-state index >= 15 is 0 Å². The van der Waals surface area contributed by atoms with Gasteiger partial charge in [-0.05, 0) is 81.1 Å². The van der Waals surface area contributed by atoms with Crippen molar-refractivity contribution in [1.29, 1.82) is 0 Å². The molecule has 0 aliphatic carbocycles. The van der Waals surface area contributed by atoms with Crippen molar-refractivity contribution >= 4 is 21.7 Å². The zero-order valence-electron chi connectivity index (χ0n) is 20.7. The smallest absolute Gasteiger partial charge is 0.256 e. The zero-order chi connectivity index (χ0) is 28.1. The molecule has 40 heavy (non-hydrogen) atoms. The zero-order valence-corrected chi connectivity index (χ0v) is 20.7. The van der Waals surface area contributed by atoms with E-state index in [0.29, 0.717) is 5.39 Å². The third-order valence-electron chi connectivity index (χ3n) is 6.90. The molecule has 1 heterocycles. The Hall–Kier alpha value is -4.65. The van der Waals surface area contributed by atoms with Crippen LogP contribution in [0.1, 0.15) is 11.1 Å². The maximum absolute atomic E-state index is 13.3. The molecule has 6 aromatic rings. The molecular weight excluding hydrogens is 524 g/mol. The summed E-state index contributed by atoms with van der Waals surface area (Å²) >= 11 is 0. The highest BCUT2D eigenvalue weighted by Gasteiger charge is 2.37. The lowest BCUT2D eigenvalue weighted by atomic mass is 9.95. The van der Waals surface area contributed by atoms with E-state index in [1.54, 1.807) is 12.1 Å². The van der Waals surface area contributed by atoms with Crippen LogP contribution in [0.15, 0.2) is 115 Å². The first-order valence-corrected chi connectivity index (χ1v) is 12.3. The van der Waals surface area contributed by atoms with Crippen LogP contribution >= 0.6 is 0 Å². The van der Waals surface area contributed by atoms with E-state index in [2.05, 4.69) is 11.1 Å². The topological polar surface area (TPSA) is 12.9 Å². The summed E-state index contributed by atoms with van der Waals surface area (Å²) in [6.45, 7) is 0. The lowest BCUT2D eigenvalue weighted by Gasteiger charge is -2.15. The summed E-state index contributed by atoms with van der Waals surface area (Å²) in [5.74, 6) is 0. The largest absolute Gasteiger partial charge is 0.416 e. The average molecular weight is 544 g/mol. The van der Waals surface area contributed by atoms with Crippen molar-refractivity contribution in [2.24, 2.45) is 0 Å².